The molecule has 0 spiro atoms. The van der Waals surface area contributed by atoms with Gasteiger partial charge in [-0.1, -0.05) is 12.1 Å². The number of ether oxygens (including phenoxy) is 1. The van der Waals surface area contributed by atoms with Crippen molar-refractivity contribution in [1.82, 2.24) is 0 Å². The number of amidine groups is 1. The van der Waals surface area contributed by atoms with E-state index in [1.54, 1.807) is 37.3 Å². The zero-order valence-electron chi connectivity index (χ0n) is 11.6. The lowest BCUT2D eigenvalue weighted by molar-refractivity contribution is 0.101. The van der Waals surface area contributed by atoms with Crippen molar-refractivity contribution >= 4 is 28.7 Å². The lowest BCUT2D eigenvalue weighted by Crippen LogP contribution is -2.23. The standard InChI is InChI=1S/C16H15N3O2/c1-10(20)11-3-2-4-13(7-11)18-16-9-21-15-6-5-12(17)8-14(15)19-16/h2-8H,9,17H2,1H3,(H,18,19). The van der Waals surface area contributed by atoms with Crippen molar-refractivity contribution in [3.05, 3.63) is 48.0 Å². The zero-order valence-corrected chi connectivity index (χ0v) is 11.6. The van der Waals surface area contributed by atoms with Crippen LogP contribution >= 0.6 is 0 Å². The fourth-order valence-electron chi connectivity index (χ4n) is 2.11. The molecule has 0 fully saturated rings. The molecule has 0 amide bonds. The first-order valence-electron chi connectivity index (χ1n) is 6.60. The number of benzene rings is 2. The lowest BCUT2D eigenvalue weighted by atomic mass is 10.1. The number of Topliss-reactive ketones (excluding diaryl/α,β-unsaturated/α-hetero) is 1. The first-order valence-corrected chi connectivity index (χ1v) is 6.60. The van der Waals surface area contributed by atoms with E-state index in [-0.39, 0.29) is 5.78 Å². The van der Waals surface area contributed by atoms with Gasteiger partial charge in [0, 0.05) is 16.9 Å². The van der Waals surface area contributed by atoms with Crippen LogP contribution in [0.25, 0.3) is 0 Å². The van der Waals surface area contributed by atoms with E-state index < -0.39 is 0 Å². The molecule has 5 heteroatoms. The number of hydrogen-bond acceptors (Lipinski definition) is 5. The maximum Gasteiger partial charge on any atom is 0.159 e. The molecule has 2 aromatic rings. The van der Waals surface area contributed by atoms with E-state index in [0.717, 1.165) is 5.69 Å². The second kappa shape index (κ2) is 5.28. The Morgan fingerprint density at radius 3 is 2.95 bits per heavy atom. The van der Waals surface area contributed by atoms with Crippen LogP contribution < -0.4 is 15.8 Å². The molecule has 0 bridgehead atoms. The highest BCUT2D eigenvalue weighted by atomic mass is 16.5. The number of nitrogens with one attached hydrogen (secondary N) is 1. The third-order valence-corrected chi connectivity index (χ3v) is 3.16. The number of anilines is 2. The summed E-state index contributed by atoms with van der Waals surface area (Å²) in [5.41, 5.74) is 8.55. The molecule has 3 rings (SSSR count). The molecule has 0 saturated carbocycles. The van der Waals surface area contributed by atoms with Crippen LogP contribution in [-0.2, 0) is 0 Å². The van der Waals surface area contributed by atoms with Gasteiger partial charge < -0.3 is 15.8 Å². The Kier molecular flexibility index (Phi) is 3.31. The van der Waals surface area contributed by atoms with Crippen LogP contribution in [0.1, 0.15) is 17.3 Å². The van der Waals surface area contributed by atoms with Gasteiger partial charge in [0.15, 0.2) is 5.78 Å². The van der Waals surface area contributed by atoms with E-state index >= 15 is 0 Å². The molecular weight excluding hydrogens is 266 g/mol. The van der Waals surface area contributed by atoms with Gasteiger partial charge in [-0.25, -0.2) is 4.99 Å². The number of rotatable bonds is 2. The summed E-state index contributed by atoms with van der Waals surface area (Å²) in [4.78, 5) is 15.9. The van der Waals surface area contributed by atoms with Gasteiger partial charge in [-0.2, -0.15) is 0 Å². The molecule has 2 aromatic carbocycles. The summed E-state index contributed by atoms with van der Waals surface area (Å²) in [5.74, 6) is 1.42. The predicted octanol–water partition coefficient (Wildman–Crippen LogP) is 3.01. The van der Waals surface area contributed by atoms with Crippen LogP contribution in [0.3, 0.4) is 0 Å². The second-order valence-corrected chi connectivity index (χ2v) is 4.84. The molecule has 106 valence electrons. The number of nitrogen functional groups attached to an aromatic ring is 1. The Labute approximate surface area is 122 Å². The third-order valence-electron chi connectivity index (χ3n) is 3.16. The average molecular weight is 281 g/mol. The van der Waals surface area contributed by atoms with E-state index in [1.807, 2.05) is 12.1 Å². The Morgan fingerprint density at radius 2 is 2.14 bits per heavy atom. The number of fused-ring (bicyclic) bond motifs is 1. The highest BCUT2D eigenvalue weighted by Crippen LogP contribution is 2.32. The van der Waals surface area contributed by atoms with Gasteiger partial charge >= 0.3 is 0 Å². The van der Waals surface area contributed by atoms with Gasteiger partial charge in [0.2, 0.25) is 0 Å². The van der Waals surface area contributed by atoms with Gasteiger partial charge in [0.25, 0.3) is 0 Å². The van der Waals surface area contributed by atoms with Crippen LogP contribution in [0.5, 0.6) is 5.75 Å². The minimum Gasteiger partial charge on any atom is -0.483 e. The van der Waals surface area contributed by atoms with E-state index in [9.17, 15) is 4.79 Å². The molecule has 3 N–H and O–H groups in total. The molecule has 5 nitrogen and oxygen atoms in total. The molecule has 1 aliphatic rings. The van der Waals surface area contributed by atoms with Crippen molar-refractivity contribution in [2.24, 2.45) is 4.99 Å². The van der Waals surface area contributed by atoms with E-state index in [2.05, 4.69) is 10.3 Å². The maximum atomic E-state index is 11.4. The summed E-state index contributed by atoms with van der Waals surface area (Å²) in [6.45, 7) is 1.89. The number of aliphatic imine (C=N–C) groups is 1. The highest BCUT2D eigenvalue weighted by Gasteiger charge is 2.13. The Hall–Kier alpha value is -2.82. The molecule has 0 atom stereocenters. The van der Waals surface area contributed by atoms with E-state index in [1.165, 1.54) is 0 Å². The smallest absolute Gasteiger partial charge is 0.159 e. The summed E-state index contributed by atoms with van der Waals surface area (Å²) >= 11 is 0. The molecule has 0 aliphatic carbocycles. The quantitative estimate of drug-likeness (QED) is 0.655. The van der Waals surface area contributed by atoms with Crippen molar-refractivity contribution in [3.8, 4) is 5.75 Å². The molecule has 1 heterocycles. The number of carbonyl (C=O) groups excluding carboxylic acids is 1. The highest BCUT2D eigenvalue weighted by molar-refractivity contribution is 6.01. The van der Waals surface area contributed by atoms with Crippen LogP contribution in [0.15, 0.2) is 47.5 Å². The fraction of sp³-hybridized carbons (Fsp3) is 0.125. The topological polar surface area (TPSA) is 76.7 Å². The van der Waals surface area contributed by atoms with Gasteiger partial charge in [-0.15, -0.1) is 0 Å². The molecule has 0 unspecified atom stereocenters. The lowest BCUT2D eigenvalue weighted by Gasteiger charge is -2.18. The summed E-state index contributed by atoms with van der Waals surface area (Å²) in [7, 11) is 0. The van der Waals surface area contributed by atoms with Crippen LogP contribution in [0.2, 0.25) is 0 Å². The van der Waals surface area contributed by atoms with Crippen molar-refractivity contribution in [2.45, 2.75) is 6.92 Å². The minimum absolute atomic E-state index is 0.0265. The van der Waals surface area contributed by atoms with Gasteiger partial charge in [0.1, 0.15) is 23.9 Å². The van der Waals surface area contributed by atoms with Crippen LogP contribution in [0.4, 0.5) is 17.1 Å². The Balaban J connectivity index is 1.86. The fourth-order valence-corrected chi connectivity index (χ4v) is 2.11. The summed E-state index contributed by atoms with van der Waals surface area (Å²) < 4.78 is 5.63. The largest absolute Gasteiger partial charge is 0.483 e. The van der Waals surface area contributed by atoms with Crippen LogP contribution in [-0.4, -0.2) is 18.2 Å². The molecule has 21 heavy (non-hydrogen) atoms. The minimum atomic E-state index is 0.0265. The molecule has 0 radical (unpaired) electrons. The summed E-state index contributed by atoms with van der Waals surface area (Å²) in [6.07, 6.45) is 0. The number of nitrogens with two attached hydrogens (primary N) is 1. The van der Waals surface area contributed by atoms with E-state index in [0.29, 0.717) is 35.1 Å². The summed E-state index contributed by atoms with van der Waals surface area (Å²) in [6, 6.07) is 12.6. The molecule has 0 aromatic heterocycles. The molecular formula is C16H15N3O2. The third kappa shape index (κ3) is 2.86. The maximum absolute atomic E-state index is 11.4. The predicted molar refractivity (Wildman–Crippen MR) is 83.5 cm³/mol. The van der Waals surface area contributed by atoms with Gasteiger partial charge in [-0.3, -0.25) is 4.79 Å². The van der Waals surface area contributed by atoms with Crippen molar-refractivity contribution in [2.75, 3.05) is 17.7 Å². The van der Waals surface area contributed by atoms with Crippen molar-refractivity contribution in [3.63, 3.8) is 0 Å². The normalized spacial score (nSPS) is 12.9. The Morgan fingerprint density at radius 1 is 1.29 bits per heavy atom. The SMILES string of the molecule is CC(=O)c1cccc(NC2=Nc3cc(N)ccc3OC2)c1. The monoisotopic (exact) mass is 281 g/mol. The first kappa shape index (κ1) is 13.2. The Bertz CT molecular complexity index is 738. The van der Waals surface area contributed by atoms with Gasteiger partial charge in [0.05, 0.1) is 0 Å². The van der Waals surface area contributed by atoms with Crippen molar-refractivity contribution in [1.29, 1.82) is 0 Å². The zero-order chi connectivity index (χ0) is 14.8. The van der Waals surface area contributed by atoms with Gasteiger partial charge in [-0.05, 0) is 37.3 Å². The number of carbonyl (C=O) groups is 1. The van der Waals surface area contributed by atoms with Crippen molar-refractivity contribution < 1.29 is 9.53 Å². The summed E-state index contributed by atoms with van der Waals surface area (Å²) in [5, 5.41) is 3.17. The number of hydrogen-bond donors (Lipinski definition) is 2. The number of ketones is 1. The molecule has 1 aliphatic heterocycles. The first-order chi connectivity index (χ1) is 10.1. The average Bonchev–Trinajstić information content (AvgIpc) is 2.47. The molecule has 0 saturated heterocycles. The van der Waals surface area contributed by atoms with E-state index in [4.69, 9.17) is 10.5 Å². The van der Waals surface area contributed by atoms with Crippen LogP contribution in [0, 0.1) is 0 Å². The second-order valence-electron chi connectivity index (χ2n) is 4.84. The number of nitrogens with zero attached hydrogens (tertiary/aromatic N) is 1.